The van der Waals surface area contributed by atoms with E-state index in [1.54, 1.807) is 0 Å². The number of phenols is 25. The van der Waals surface area contributed by atoms with Crippen molar-refractivity contribution < 1.29 is 232 Å². The lowest BCUT2D eigenvalue weighted by Crippen LogP contribution is -2.63. The Hall–Kier alpha value is -18.2. The van der Waals surface area contributed by atoms with Crippen LogP contribution in [0.25, 0.3) is 0 Å². The van der Waals surface area contributed by atoms with Gasteiger partial charge in [0.05, 0.1) is 62.2 Å². The summed E-state index contributed by atoms with van der Waals surface area (Å²) in [5.74, 6) is -56.0. The van der Waals surface area contributed by atoms with E-state index in [0.29, 0.717) is 121 Å². The second kappa shape index (κ2) is 40.6. The molecular formula is C85H73NO47. The molecular weight excluding hydrogens is 1790 g/mol. The van der Waals surface area contributed by atoms with Gasteiger partial charge in [-0.05, 0) is 141 Å². The van der Waals surface area contributed by atoms with Crippen molar-refractivity contribution >= 4 is 59.7 Å². The van der Waals surface area contributed by atoms with Gasteiger partial charge in [-0.1, -0.05) is 20.8 Å². The predicted octanol–water partition coefficient (Wildman–Crippen LogP) is 6.59. The van der Waals surface area contributed by atoms with E-state index in [-0.39, 0.29) is 0 Å². The molecule has 0 saturated carbocycles. The standard InChI is InChI=1S/C76H52O46.C9H21NO/c77-32-1-22(2-33(78)53(32)92)67(103)113-47-16-27(11-42(87)58(47)97)66(102)112-21-52-63(119-72(108)28-12-43(88)59(98)48(17-28)114-68(104)23-3-34(79)54(93)35(80)4-23)64(120-73(109)29-13-44(89)60(99)49(18-29)115-69(105)24-5-36(81)55(94)37(82)6-24)65(121-74(110)30-14-45(90)61(100)50(19-30)116-70(106)25-7-38(83)56(95)39(84)8-25)76(118-52)122-75(111)31-15-46(91)62(101)51(20-31)117-71(107)26-9-40(85)57(96)41(86)10-26;1-4-8-11-9-7-10(5-2)6-3/h1-20,52,63-65,76-101H,21H2;4-9H2,1-3H3/t52-,63-,64+,65-,76+;/m1./s1. The zero-order chi connectivity index (χ0) is 97.9. The quantitative estimate of drug-likeness (QED) is 0.00808. The van der Waals surface area contributed by atoms with Crippen LogP contribution >= 0.6 is 0 Å². The second-order valence-corrected chi connectivity index (χ2v) is 27.8. The summed E-state index contributed by atoms with van der Waals surface area (Å²) < 4.78 is 65.8. The Kier molecular flexibility index (Phi) is 29.6. The molecule has 11 rings (SSSR count). The number of hydrogen-bond donors (Lipinski definition) is 25. The number of esters is 10. The summed E-state index contributed by atoms with van der Waals surface area (Å²) in [6.45, 7) is 9.92. The summed E-state index contributed by atoms with van der Waals surface area (Å²) in [6, 6.07) is 8.56. The van der Waals surface area contributed by atoms with E-state index in [1.807, 2.05) is 0 Å². The van der Waals surface area contributed by atoms with E-state index in [9.17, 15) is 161 Å². The molecule has 0 radical (unpaired) electrons. The maximum absolute atomic E-state index is 15.3. The van der Waals surface area contributed by atoms with E-state index in [1.165, 1.54) is 0 Å². The lowest BCUT2D eigenvalue weighted by Gasteiger charge is -2.43. The summed E-state index contributed by atoms with van der Waals surface area (Å²) in [5.41, 5.74) is -9.89. The third kappa shape index (κ3) is 22.2. The number of benzene rings is 10. The number of likely N-dealkylation sites (N-methyl/N-ethyl adjacent to an activating group) is 1. The molecule has 0 amide bonds. The van der Waals surface area contributed by atoms with Crippen LogP contribution in [0, 0.1) is 0 Å². The normalized spacial score (nSPS) is 14.3. The van der Waals surface area contributed by atoms with Gasteiger partial charge in [-0.2, -0.15) is 0 Å². The highest BCUT2D eigenvalue weighted by Crippen LogP contribution is 2.48. The molecule has 0 aliphatic carbocycles. The average Bonchev–Trinajstić information content (AvgIpc) is 0.760. The van der Waals surface area contributed by atoms with Gasteiger partial charge in [-0.3, -0.25) is 0 Å². The summed E-state index contributed by atoms with van der Waals surface area (Å²) in [6.07, 6.45) is -13.9. The number of phenolic OH excluding ortho intramolecular Hbond substituents is 25. The van der Waals surface area contributed by atoms with Crippen molar-refractivity contribution in [1.82, 2.24) is 4.90 Å². The Morgan fingerprint density at radius 2 is 0.466 bits per heavy atom. The first kappa shape index (κ1) is 97.0. The average molecular weight is 1860 g/mol. The van der Waals surface area contributed by atoms with Gasteiger partial charge in [0.25, 0.3) is 0 Å². The van der Waals surface area contributed by atoms with Gasteiger partial charge < -0.3 is 189 Å². The molecule has 133 heavy (non-hydrogen) atoms. The van der Waals surface area contributed by atoms with Crippen LogP contribution in [0.3, 0.4) is 0 Å². The monoisotopic (exact) mass is 1860 g/mol. The van der Waals surface area contributed by atoms with E-state index in [0.717, 1.165) is 39.3 Å². The Bertz CT molecular complexity index is 6180. The molecule has 0 aromatic heterocycles. The van der Waals surface area contributed by atoms with E-state index < -0.39 is 325 Å². The van der Waals surface area contributed by atoms with Gasteiger partial charge in [-0.15, -0.1) is 0 Å². The minimum Gasteiger partial charge on any atom is -0.504 e. The highest BCUT2D eigenvalue weighted by atomic mass is 16.8. The highest BCUT2D eigenvalue weighted by molar-refractivity contribution is 6.00. The third-order valence-electron chi connectivity index (χ3n) is 18.7. The van der Waals surface area contributed by atoms with Crippen molar-refractivity contribution in [1.29, 1.82) is 0 Å². The van der Waals surface area contributed by atoms with Crippen LogP contribution in [0.15, 0.2) is 121 Å². The largest absolute Gasteiger partial charge is 0.504 e. The predicted molar refractivity (Wildman–Crippen MR) is 432 cm³/mol. The number of carbonyl (C=O) groups excluding carboxylic acids is 10. The summed E-state index contributed by atoms with van der Waals surface area (Å²) in [5, 5.41) is 261. The summed E-state index contributed by atoms with van der Waals surface area (Å²) in [4.78, 5) is 145. The third-order valence-corrected chi connectivity index (χ3v) is 18.7. The van der Waals surface area contributed by atoms with Crippen LogP contribution in [0.2, 0.25) is 0 Å². The van der Waals surface area contributed by atoms with Gasteiger partial charge in [0, 0.05) is 13.2 Å². The van der Waals surface area contributed by atoms with Crippen molar-refractivity contribution in [2.75, 3.05) is 39.5 Å². The lowest BCUT2D eigenvalue weighted by atomic mass is 9.97. The molecule has 1 saturated heterocycles. The zero-order valence-electron chi connectivity index (χ0n) is 68.0. The van der Waals surface area contributed by atoms with Crippen molar-refractivity contribution in [3.63, 3.8) is 0 Å². The molecule has 48 heteroatoms. The number of rotatable bonds is 28. The van der Waals surface area contributed by atoms with Crippen LogP contribution in [0.5, 0.6) is 172 Å². The van der Waals surface area contributed by atoms with E-state index >= 15 is 14.4 Å². The van der Waals surface area contributed by atoms with Gasteiger partial charge in [-0.25, -0.2) is 47.9 Å². The first-order chi connectivity index (χ1) is 62.7. The van der Waals surface area contributed by atoms with Crippen molar-refractivity contribution in [2.24, 2.45) is 0 Å². The Morgan fingerprint density at radius 3 is 0.707 bits per heavy atom. The van der Waals surface area contributed by atoms with Gasteiger partial charge >= 0.3 is 59.7 Å². The fourth-order valence-electron chi connectivity index (χ4n) is 11.8. The van der Waals surface area contributed by atoms with Gasteiger partial charge in [0.2, 0.25) is 41.1 Å². The van der Waals surface area contributed by atoms with E-state index in [4.69, 9.17) is 56.8 Å². The van der Waals surface area contributed by atoms with Gasteiger partial charge in [0.1, 0.15) is 12.7 Å². The van der Waals surface area contributed by atoms with Gasteiger partial charge in [0.15, 0.2) is 156 Å². The highest BCUT2D eigenvalue weighted by Gasteiger charge is 2.55. The Labute approximate surface area is 741 Å². The maximum atomic E-state index is 15.3. The van der Waals surface area contributed by atoms with Crippen LogP contribution in [-0.4, -0.2) is 262 Å². The van der Waals surface area contributed by atoms with Crippen LogP contribution < -0.4 is 23.7 Å². The van der Waals surface area contributed by atoms with Crippen LogP contribution in [0.1, 0.15) is 131 Å². The maximum Gasteiger partial charge on any atom is 0.343 e. The van der Waals surface area contributed by atoms with Crippen molar-refractivity contribution in [3.05, 3.63) is 177 Å². The lowest BCUT2D eigenvalue weighted by molar-refractivity contribution is -0.282. The zero-order valence-corrected chi connectivity index (χ0v) is 68.0. The molecule has 48 nitrogen and oxygen atoms in total. The fourth-order valence-corrected chi connectivity index (χ4v) is 11.8. The molecule has 1 fully saturated rings. The molecule has 10 aromatic rings. The second-order valence-electron chi connectivity index (χ2n) is 27.8. The molecule has 25 N–H and O–H groups in total. The first-order valence-corrected chi connectivity index (χ1v) is 37.8. The Balaban J connectivity index is 0.00000156. The number of carbonyl (C=O) groups is 10. The number of hydrogen-bond acceptors (Lipinski definition) is 48. The molecule has 0 spiro atoms. The number of nitrogens with zero attached hydrogens (tertiary/aromatic N) is 1. The molecule has 0 unspecified atom stereocenters. The van der Waals surface area contributed by atoms with E-state index in [2.05, 4.69) is 25.7 Å². The molecule has 0 bridgehead atoms. The molecule has 1 aliphatic heterocycles. The smallest absolute Gasteiger partial charge is 0.343 e. The summed E-state index contributed by atoms with van der Waals surface area (Å²) in [7, 11) is 0. The molecule has 1 heterocycles. The number of ether oxygens (including phenoxy) is 12. The first-order valence-electron chi connectivity index (χ1n) is 37.8. The fraction of sp³-hybridized carbons (Fsp3) is 0.176. The van der Waals surface area contributed by atoms with Crippen LogP contribution in [-0.2, 0) is 33.2 Å². The molecule has 700 valence electrons. The topological polar surface area (TPSA) is 790 Å². The van der Waals surface area contributed by atoms with Crippen molar-refractivity contribution in [3.8, 4) is 172 Å². The molecule has 1 aliphatic rings. The van der Waals surface area contributed by atoms with Crippen molar-refractivity contribution in [2.45, 2.75) is 57.9 Å². The summed E-state index contributed by atoms with van der Waals surface area (Å²) >= 11 is 0. The minimum atomic E-state index is -3.12. The SMILES string of the molecule is CCCOCCN(CC)CC.O=C(OC[C@H]1O[C@@H](OC(=O)c2cc(O)c(O)c(OC(=O)c3cc(O)c(O)c(O)c3)c2)[C@H](OC(=O)c2cc(O)c(O)c(OC(=O)c3cc(O)c(O)c(O)c3)c2)[C@@H](OC(=O)c2cc(O)c(O)c(OC(=O)c3cc(O)c(O)c(O)c3)c2)[C@@H]1OC(=O)c1cc(O)c(O)c(OC(=O)c2cc(O)c(O)c(O)c2)c1)c1cc(O)c(O)c(OC(=O)c2cc(O)c(O)c(O)c2)c1. The molecule has 10 aromatic carbocycles. The number of aromatic hydroxyl groups is 25. The minimum absolute atomic E-state index is 0.295. The Morgan fingerprint density at radius 1 is 0.256 bits per heavy atom. The molecule has 5 atom stereocenters. The van der Waals surface area contributed by atoms with Crippen LogP contribution in [0.4, 0.5) is 0 Å².